The van der Waals surface area contributed by atoms with Crippen molar-refractivity contribution < 1.29 is 8.42 Å². The molecular weight excluding hydrogens is 294 g/mol. The second-order valence-corrected chi connectivity index (χ2v) is 9.31. The fraction of sp³-hybridized carbons (Fsp3) is 0.769. The standard InChI is InChI=1S/C13H21N3O2S2/c1-3-20(17,18)16-5-4-13(10-16)8-15(9-13)6-12-7-19-11(2)14-12/h7H,3-6,8-10H2,1-2H3. The van der Waals surface area contributed by atoms with Gasteiger partial charge in [-0.25, -0.2) is 17.7 Å². The van der Waals surface area contributed by atoms with Gasteiger partial charge in [-0.05, 0) is 20.3 Å². The van der Waals surface area contributed by atoms with Gasteiger partial charge in [-0.3, -0.25) is 4.90 Å². The molecule has 3 heterocycles. The van der Waals surface area contributed by atoms with Crippen molar-refractivity contribution in [1.29, 1.82) is 0 Å². The third-order valence-electron chi connectivity index (χ3n) is 4.33. The molecular formula is C13H21N3O2S2. The lowest BCUT2D eigenvalue weighted by Crippen LogP contribution is -2.57. The predicted octanol–water partition coefficient (Wildman–Crippen LogP) is 1.31. The highest BCUT2D eigenvalue weighted by Gasteiger charge is 2.49. The number of rotatable bonds is 4. The first-order valence-corrected chi connectivity index (χ1v) is 9.53. The first kappa shape index (κ1) is 14.4. The largest absolute Gasteiger partial charge is 0.296 e. The Labute approximate surface area is 124 Å². The van der Waals surface area contributed by atoms with Crippen LogP contribution in [0.15, 0.2) is 5.38 Å². The molecule has 3 rings (SSSR count). The predicted molar refractivity (Wildman–Crippen MR) is 80.2 cm³/mol. The minimum absolute atomic E-state index is 0.202. The highest BCUT2D eigenvalue weighted by molar-refractivity contribution is 7.89. The summed E-state index contributed by atoms with van der Waals surface area (Å²) in [5.74, 6) is 0.213. The smallest absolute Gasteiger partial charge is 0.213 e. The van der Waals surface area contributed by atoms with Crippen molar-refractivity contribution in [2.45, 2.75) is 26.8 Å². The van der Waals surface area contributed by atoms with E-state index < -0.39 is 10.0 Å². The molecule has 1 spiro atoms. The Balaban J connectivity index is 1.55. The number of thiazole rings is 1. The highest BCUT2D eigenvalue weighted by atomic mass is 32.2. The van der Waals surface area contributed by atoms with Gasteiger partial charge in [-0.2, -0.15) is 0 Å². The summed E-state index contributed by atoms with van der Waals surface area (Å²) >= 11 is 1.69. The van der Waals surface area contributed by atoms with Gasteiger partial charge in [-0.1, -0.05) is 0 Å². The Morgan fingerprint density at radius 1 is 1.40 bits per heavy atom. The molecule has 1 aromatic heterocycles. The minimum atomic E-state index is -3.01. The van der Waals surface area contributed by atoms with E-state index in [9.17, 15) is 8.42 Å². The zero-order chi connectivity index (χ0) is 14.4. The summed E-state index contributed by atoms with van der Waals surface area (Å²) in [6, 6.07) is 0. The average molecular weight is 315 g/mol. The number of nitrogens with zero attached hydrogens (tertiary/aromatic N) is 3. The molecule has 2 aliphatic rings. The molecule has 0 aromatic carbocycles. The molecule has 0 aliphatic carbocycles. The number of sulfonamides is 1. The van der Waals surface area contributed by atoms with E-state index in [1.165, 1.54) is 0 Å². The average Bonchev–Trinajstić information content (AvgIpc) is 2.96. The van der Waals surface area contributed by atoms with Gasteiger partial charge in [0.05, 0.1) is 16.5 Å². The molecule has 2 aliphatic heterocycles. The molecule has 0 amide bonds. The summed E-state index contributed by atoms with van der Waals surface area (Å²) < 4.78 is 25.5. The Bertz CT molecular complexity index is 591. The van der Waals surface area contributed by atoms with Crippen LogP contribution in [-0.2, 0) is 16.6 Å². The van der Waals surface area contributed by atoms with E-state index in [1.54, 1.807) is 22.6 Å². The van der Waals surface area contributed by atoms with Crippen molar-refractivity contribution in [2.75, 3.05) is 31.9 Å². The molecule has 2 fully saturated rings. The van der Waals surface area contributed by atoms with E-state index in [1.807, 2.05) is 6.92 Å². The van der Waals surface area contributed by atoms with E-state index in [0.717, 1.165) is 36.8 Å². The molecule has 7 heteroatoms. The molecule has 2 saturated heterocycles. The van der Waals surface area contributed by atoms with Crippen molar-refractivity contribution in [3.05, 3.63) is 16.1 Å². The first-order valence-electron chi connectivity index (χ1n) is 7.04. The van der Waals surface area contributed by atoms with E-state index in [4.69, 9.17) is 0 Å². The van der Waals surface area contributed by atoms with Gasteiger partial charge >= 0.3 is 0 Å². The molecule has 20 heavy (non-hydrogen) atoms. The number of hydrogen-bond donors (Lipinski definition) is 0. The van der Waals surface area contributed by atoms with Crippen LogP contribution in [0.5, 0.6) is 0 Å². The van der Waals surface area contributed by atoms with Crippen molar-refractivity contribution >= 4 is 21.4 Å². The summed E-state index contributed by atoms with van der Waals surface area (Å²) in [6.45, 7) is 8.04. The van der Waals surface area contributed by atoms with E-state index in [-0.39, 0.29) is 11.2 Å². The van der Waals surface area contributed by atoms with Gasteiger partial charge in [-0.15, -0.1) is 11.3 Å². The maximum absolute atomic E-state index is 11.9. The van der Waals surface area contributed by atoms with Crippen LogP contribution in [0.3, 0.4) is 0 Å². The Kier molecular flexibility index (Phi) is 3.64. The molecule has 0 saturated carbocycles. The lowest BCUT2D eigenvalue weighted by molar-refractivity contribution is 0.00574. The van der Waals surface area contributed by atoms with E-state index in [2.05, 4.69) is 15.3 Å². The Morgan fingerprint density at radius 3 is 2.75 bits per heavy atom. The van der Waals surface area contributed by atoms with Crippen LogP contribution in [-0.4, -0.2) is 54.5 Å². The van der Waals surface area contributed by atoms with Crippen LogP contribution >= 0.6 is 11.3 Å². The summed E-state index contributed by atoms with van der Waals surface area (Å²) in [6.07, 6.45) is 0.999. The van der Waals surface area contributed by atoms with Gasteiger partial charge in [0, 0.05) is 43.5 Å². The van der Waals surface area contributed by atoms with Gasteiger partial charge in [0.25, 0.3) is 0 Å². The molecule has 0 N–H and O–H groups in total. The van der Waals surface area contributed by atoms with Crippen LogP contribution in [0.4, 0.5) is 0 Å². The molecule has 5 nitrogen and oxygen atoms in total. The molecule has 0 radical (unpaired) electrons. The highest BCUT2D eigenvalue weighted by Crippen LogP contribution is 2.41. The second kappa shape index (κ2) is 5.05. The van der Waals surface area contributed by atoms with Crippen LogP contribution in [0.2, 0.25) is 0 Å². The van der Waals surface area contributed by atoms with Gasteiger partial charge in [0.1, 0.15) is 0 Å². The second-order valence-electron chi connectivity index (χ2n) is 5.99. The van der Waals surface area contributed by atoms with Crippen LogP contribution < -0.4 is 0 Å². The normalized spacial score (nSPS) is 23.3. The SMILES string of the molecule is CCS(=O)(=O)N1CCC2(CN(Cc3csc(C)n3)C2)C1. The zero-order valence-electron chi connectivity index (χ0n) is 12.0. The molecule has 0 bridgehead atoms. The summed E-state index contributed by atoms with van der Waals surface area (Å²) in [7, 11) is -3.01. The fourth-order valence-corrected chi connectivity index (χ4v) is 5.11. The summed E-state index contributed by atoms with van der Waals surface area (Å²) in [5.41, 5.74) is 1.34. The summed E-state index contributed by atoms with van der Waals surface area (Å²) in [4.78, 5) is 6.86. The van der Waals surface area contributed by atoms with Crippen molar-refractivity contribution in [2.24, 2.45) is 5.41 Å². The van der Waals surface area contributed by atoms with Crippen molar-refractivity contribution in [3.8, 4) is 0 Å². The third-order valence-corrected chi connectivity index (χ3v) is 6.98. The number of likely N-dealkylation sites (tertiary alicyclic amines) is 1. The molecule has 112 valence electrons. The molecule has 0 atom stereocenters. The molecule has 1 aromatic rings. The Morgan fingerprint density at radius 2 is 2.15 bits per heavy atom. The van der Waals surface area contributed by atoms with Gasteiger partial charge in [0.2, 0.25) is 10.0 Å². The topological polar surface area (TPSA) is 53.5 Å². The maximum Gasteiger partial charge on any atom is 0.213 e. The van der Waals surface area contributed by atoms with Gasteiger partial charge in [0.15, 0.2) is 0 Å². The number of hydrogen-bond acceptors (Lipinski definition) is 5. The van der Waals surface area contributed by atoms with E-state index in [0.29, 0.717) is 13.1 Å². The van der Waals surface area contributed by atoms with Crippen LogP contribution in [0.25, 0.3) is 0 Å². The quantitative estimate of drug-likeness (QED) is 0.841. The van der Waals surface area contributed by atoms with E-state index >= 15 is 0 Å². The fourth-order valence-electron chi connectivity index (χ4n) is 3.30. The molecule has 0 unspecified atom stereocenters. The lowest BCUT2D eigenvalue weighted by Gasteiger charge is -2.47. The monoisotopic (exact) mass is 315 g/mol. The van der Waals surface area contributed by atoms with Crippen molar-refractivity contribution in [3.63, 3.8) is 0 Å². The minimum Gasteiger partial charge on any atom is -0.296 e. The zero-order valence-corrected chi connectivity index (χ0v) is 13.6. The first-order chi connectivity index (χ1) is 9.42. The number of aromatic nitrogens is 1. The van der Waals surface area contributed by atoms with Crippen molar-refractivity contribution in [1.82, 2.24) is 14.2 Å². The van der Waals surface area contributed by atoms with Crippen LogP contribution in [0.1, 0.15) is 24.0 Å². The summed E-state index contributed by atoms with van der Waals surface area (Å²) in [5, 5.41) is 3.22. The maximum atomic E-state index is 11.9. The third kappa shape index (κ3) is 2.64. The van der Waals surface area contributed by atoms with Crippen LogP contribution in [0, 0.1) is 12.3 Å². The Hall–Kier alpha value is -0.500. The van der Waals surface area contributed by atoms with Gasteiger partial charge < -0.3 is 0 Å². The lowest BCUT2D eigenvalue weighted by atomic mass is 9.79. The number of aryl methyl sites for hydroxylation is 1.